The summed E-state index contributed by atoms with van der Waals surface area (Å²) in [6, 6.07) is 0. The second-order valence-corrected chi connectivity index (χ2v) is 5.15. The predicted molar refractivity (Wildman–Crippen MR) is 79.8 cm³/mol. The second kappa shape index (κ2) is 9.29. The van der Waals surface area contributed by atoms with E-state index in [0.717, 1.165) is 13.0 Å². The van der Waals surface area contributed by atoms with E-state index in [4.69, 9.17) is 5.73 Å². The Kier molecular flexibility index (Phi) is 7.94. The first kappa shape index (κ1) is 15.4. The molecule has 2 atom stereocenters. The van der Waals surface area contributed by atoms with Crippen molar-refractivity contribution in [2.45, 2.75) is 71.1 Å². The summed E-state index contributed by atoms with van der Waals surface area (Å²) in [6.07, 6.45) is 15.8. The van der Waals surface area contributed by atoms with Crippen LogP contribution in [-0.4, -0.2) is 30.0 Å². The van der Waals surface area contributed by atoms with E-state index in [-0.39, 0.29) is 6.17 Å². The van der Waals surface area contributed by atoms with Gasteiger partial charge in [0.15, 0.2) is 0 Å². The third kappa shape index (κ3) is 5.78. The standard InChI is InChI=1S/C15H29N3/c1-3-4-5-6-7-8-9-10-11-15-17-12-13-18(15)14(2)16/h6-7,12,14-15H,3-5,8-11,13,16H2,1-2H3/b7-6+. The summed E-state index contributed by atoms with van der Waals surface area (Å²) in [7, 11) is 0. The summed E-state index contributed by atoms with van der Waals surface area (Å²) in [5.41, 5.74) is 5.92. The summed E-state index contributed by atoms with van der Waals surface area (Å²) < 4.78 is 0. The summed E-state index contributed by atoms with van der Waals surface area (Å²) in [4.78, 5) is 6.76. The number of hydrogen-bond donors (Lipinski definition) is 1. The largest absolute Gasteiger partial charge is 0.316 e. The third-order valence-corrected chi connectivity index (χ3v) is 3.45. The monoisotopic (exact) mass is 251 g/mol. The molecule has 1 aliphatic heterocycles. The van der Waals surface area contributed by atoms with Gasteiger partial charge in [-0.3, -0.25) is 9.89 Å². The highest BCUT2D eigenvalue weighted by atomic mass is 15.3. The van der Waals surface area contributed by atoms with Gasteiger partial charge in [0.1, 0.15) is 6.17 Å². The molecule has 0 bridgehead atoms. The van der Waals surface area contributed by atoms with Crippen molar-refractivity contribution in [2.24, 2.45) is 10.7 Å². The molecule has 0 amide bonds. The lowest BCUT2D eigenvalue weighted by molar-refractivity contribution is 0.182. The zero-order valence-corrected chi connectivity index (χ0v) is 12.0. The van der Waals surface area contributed by atoms with Crippen molar-refractivity contribution in [1.82, 2.24) is 4.90 Å². The van der Waals surface area contributed by atoms with E-state index in [9.17, 15) is 0 Å². The van der Waals surface area contributed by atoms with Crippen LogP contribution in [0.2, 0.25) is 0 Å². The molecule has 2 unspecified atom stereocenters. The lowest BCUT2D eigenvalue weighted by Gasteiger charge is -2.26. The van der Waals surface area contributed by atoms with E-state index < -0.39 is 0 Å². The molecule has 1 heterocycles. The summed E-state index contributed by atoms with van der Waals surface area (Å²) >= 11 is 0. The smallest absolute Gasteiger partial charge is 0.103 e. The molecule has 3 nitrogen and oxygen atoms in total. The SMILES string of the molecule is CCCC/C=C/CCCCC1N=CCN1C(C)N. The maximum absolute atomic E-state index is 5.92. The zero-order chi connectivity index (χ0) is 13.2. The highest BCUT2D eigenvalue weighted by Crippen LogP contribution is 2.16. The summed E-state index contributed by atoms with van der Waals surface area (Å²) in [5.74, 6) is 0. The van der Waals surface area contributed by atoms with Gasteiger partial charge in [0, 0.05) is 12.8 Å². The molecule has 2 N–H and O–H groups in total. The molecule has 0 fully saturated rings. The van der Waals surface area contributed by atoms with Gasteiger partial charge >= 0.3 is 0 Å². The molecule has 0 spiro atoms. The van der Waals surface area contributed by atoms with Crippen molar-refractivity contribution in [2.75, 3.05) is 6.54 Å². The first-order valence-corrected chi connectivity index (χ1v) is 7.43. The molecule has 0 aromatic carbocycles. The van der Waals surface area contributed by atoms with Crippen LogP contribution in [0, 0.1) is 0 Å². The van der Waals surface area contributed by atoms with Gasteiger partial charge < -0.3 is 5.73 Å². The van der Waals surface area contributed by atoms with Crippen molar-refractivity contribution < 1.29 is 0 Å². The number of hydrogen-bond acceptors (Lipinski definition) is 3. The van der Waals surface area contributed by atoms with Gasteiger partial charge in [-0.15, -0.1) is 0 Å². The second-order valence-electron chi connectivity index (χ2n) is 5.15. The first-order chi connectivity index (χ1) is 8.75. The Hall–Kier alpha value is -0.670. The number of nitrogens with two attached hydrogens (primary N) is 1. The molecule has 1 rings (SSSR count). The van der Waals surface area contributed by atoms with Crippen molar-refractivity contribution >= 4 is 6.21 Å². The maximum Gasteiger partial charge on any atom is 0.103 e. The quantitative estimate of drug-likeness (QED) is 0.504. The van der Waals surface area contributed by atoms with Crippen molar-refractivity contribution in [3.05, 3.63) is 12.2 Å². The van der Waals surface area contributed by atoms with Gasteiger partial charge in [-0.05, 0) is 39.0 Å². The Morgan fingerprint density at radius 2 is 2.06 bits per heavy atom. The summed E-state index contributed by atoms with van der Waals surface area (Å²) in [6.45, 7) is 5.19. The average molecular weight is 251 g/mol. The minimum Gasteiger partial charge on any atom is -0.316 e. The Labute approximate surface area is 112 Å². The molecule has 3 heteroatoms. The molecule has 18 heavy (non-hydrogen) atoms. The molecule has 1 aliphatic rings. The highest BCUT2D eigenvalue weighted by Gasteiger charge is 2.22. The van der Waals surface area contributed by atoms with Crippen LogP contribution < -0.4 is 5.73 Å². The van der Waals surface area contributed by atoms with Crippen molar-refractivity contribution in [3.63, 3.8) is 0 Å². The Morgan fingerprint density at radius 1 is 1.33 bits per heavy atom. The van der Waals surface area contributed by atoms with Crippen LogP contribution in [0.4, 0.5) is 0 Å². The predicted octanol–water partition coefficient (Wildman–Crippen LogP) is 3.31. The van der Waals surface area contributed by atoms with Crippen LogP contribution >= 0.6 is 0 Å². The molecular formula is C15H29N3. The lowest BCUT2D eigenvalue weighted by Crippen LogP contribution is -2.43. The van der Waals surface area contributed by atoms with E-state index in [1.165, 1.54) is 38.5 Å². The molecule has 0 radical (unpaired) electrons. The van der Waals surface area contributed by atoms with E-state index in [2.05, 4.69) is 29.0 Å². The molecule has 0 saturated carbocycles. The van der Waals surface area contributed by atoms with Crippen LogP contribution in [0.25, 0.3) is 0 Å². The zero-order valence-electron chi connectivity index (χ0n) is 12.0. The molecule has 0 saturated heterocycles. The maximum atomic E-state index is 5.92. The topological polar surface area (TPSA) is 41.6 Å². The van der Waals surface area contributed by atoms with Crippen molar-refractivity contribution in [3.8, 4) is 0 Å². The normalized spacial score (nSPS) is 22.1. The third-order valence-electron chi connectivity index (χ3n) is 3.45. The van der Waals surface area contributed by atoms with Crippen LogP contribution in [0.5, 0.6) is 0 Å². The molecular weight excluding hydrogens is 222 g/mol. The van der Waals surface area contributed by atoms with Crippen LogP contribution in [0.3, 0.4) is 0 Å². The molecule has 0 aromatic rings. The van der Waals surface area contributed by atoms with Crippen LogP contribution in [0.1, 0.15) is 58.8 Å². The van der Waals surface area contributed by atoms with Crippen molar-refractivity contribution in [1.29, 1.82) is 0 Å². The first-order valence-electron chi connectivity index (χ1n) is 7.43. The van der Waals surface area contributed by atoms with Gasteiger partial charge in [0.2, 0.25) is 0 Å². The van der Waals surface area contributed by atoms with E-state index in [0.29, 0.717) is 6.17 Å². The minimum absolute atomic E-state index is 0.117. The van der Waals surface area contributed by atoms with Gasteiger partial charge in [0.05, 0.1) is 6.17 Å². The van der Waals surface area contributed by atoms with E-state index in [1.807, 2.05) is 13.1 Å². The molecule has 104 valence electrons. The van der Waals surface area contributed by atoms with Gasteiger partial charge in [-0.1, -0.05) is 31.9 Å². The lowest BCUT2D eigenvalue weighted by atomic mass is 10.1. The Balaban J connectivity index is 2.04. The Morgan fingerprint density at radius 3 is 2.72 bits per heavy atom. The average Bonchev–Trinajstić information content (AvgIpc) is 2.81. The molecule has 0 aromatic heterocycles. The number of unbranched alkanes of at least 4 members (excludes halogenated alkanes) is 4. The number of allylic oxidation sites excluding steroid dienone is 2. The number of rotatable bonds is 9. The fourth-order valence-electron chi connectivity index (χ4n) is 2.30. The van der Waals surface area contributed by atoms with Crippen LogP contribution in [-0.2, 0) is 0 Å². The van der Waals surface area contributed by atoms with Gasteiger partial charge in [-0.25, -0.2) is 0 Å². The minimum atomic E-state index is 0.117. The van der Waals surface area contributed by atoms with Gasteiger partial charge in [-0.2, -0.15) is 0 Å². The molecule has 0 aliphatic carbocycles. The van der Waals surface area contributed by atoms with Gasteiger partial charge in [0.25, 0.3) is 0 Å². The van der Waals surface area contributed by atoms with Crippen LogP contribution in [0.15, 0.2) is 17.1 Å². The fraction of sp³-hybridized carbons (Fsp3) is 0.800. The number of aliphatic imine (C=N–C) groups is 1. The summed E-state index contributed by atoms with van der Waals surface area (Å²) in [5, 5.41) is 0. The highest BCUT2D eigenvalue weighted by molar-refractivity contribution is 5.62. The van der Waals surface area contributed by atoms with E-state index in [1.54, 1.807) is 0 Å². The Bertz CT molecular complexity index is 258. The fourth-order valence-corrected chi connectivity index (χ4v) is 2.30. The van der Waals surface area contributed by atoms with E-state index >= 15 is 0 Å². The number of nitrogens with zero attached hydrogens (tertiary/aromatic N) is 2.